The highest BCUT2D eigenvalue weighted by molar-refractivity contribution is 6.32. The molecule has 8 heteroatoms. The zero-order valence-electron chi connectivity index (χ0n) is 17.7. The molecular formula is C26H16Cl3NO4. The van der Waals surface area contributed by atoms with Gasteiger partial charge in [0, 0.05) is 26.1 Å². The van der Waals surface area contributed by atoms with E-state index in [1.807, 2.05) is 6.92 Å². The van der Waals surface area contributed by atoms with Gasteiger partial charge in [-0.2, -0.15) is 0 Å². The van der Waals surface area contributed by atoms with Gasteiger partial charge in [-0.05, 0) is 66.6 Å². The first kappa shape index (κ1) is 22.5. The zero-order chi connectivity index (χ0) is 24.1. The molecule has 4 aromatic rings. The van der Waals surface area contributed by atoms with Gasteiger partial charge in [-0.1, -0.05) is 53.0 Å². The Labute approximate surface area is 209 Å². The first-order valence-corrected chi connectivity index (χ1v) is 11.4. The Morgan fingerprint density at radius 2 is 1.65 bits per heavy atom. The van der Waals surface area contributed by atoms with E-state index in [2.05, 4.69) is 0 Å². The number of halogens is 3. The van der Waals surface area contributed by atoms with Gasteiger partial charge in [0.15, 0.2) is 11.5 Å². The standard InChI is InChI=1S/C26H16Cl3NO4/c1-13-2-8-18(12-19(13)29)30-23(14-3-5-16(27)6-4-14)22(25(32)26(30)33)24(31)21-11-15-10-17(28)7-9-20(15)34-21/h2-12,23,32H,1H3. The molecule has 1 unspecified atom stereocenters. The van der Waals surface area contributed by atoms with Crippen LogP contribution in [-0.2, 0) is 4.79 Å². The van der Waals surface area contributed by atoms with Crippen molar-refractivity contribution in [3.05, 3.63) is 110 Å². The molecule has 1 aromatic heterocycles. The Morgan fingerprint density at radius 1 is 0.941 bits per heavy atom. The molecule has 0 saturated heterocycles. The van der Waals surface area contributed by atoms with Crippen molar-refractivity contribution in [1.82, 2.24) is 0 Å². The van der Waals surface area contributed by atoms with E-state index < -0.39 is 23.5 Å². The van der Waals surface area contributed by atoms with Crippen LogP contribution in [0.5, 0.6) is 0 Å². The minimum absolute atomic E-state index is 0.0191. The average molecular weight is 513 g/mol. The largest absolute Gasteiger partial charge is 0.503 e. The number of hydrogen-bond donors (Lipinski definition) is 1. The predicted octanol–water partition coefficient (Wildman–Crippen LogP) is 7.48. The number of hydrogen-bond acceptors (Lipinski definition) is 4. The molecule has 170 valence electrons. The van der Waals surface area contributed by atoms with E-state index in [4.69, 9.17) is 39.2 Å². The number of aliphatic hydroxyl groups excluding tert-OH is 1. The Balaban J connectivity index is 1.66. The van der Waals surface area contributed by atoms with Crippen molar-refractivity contribution in [3.63, 3.8) is 0 Å². The predicted molar refractivity (Wildman–Crippen MR) is 133 cm³/mol. The molecule has 1 N–H and O–H groups in total. The van der Waals surface area contributed by atoms with E-state index in [9.17, 15) is 14.7 Å². The molecule has 1 aliphatic rings. The quantitative estimate of drug-likeness (QED) is 0.288. The van der Waals surface area contributed by atoms with Gasteiger partial charge in [-0.3, -0.25) is 14.5 Å². The van der Waals surface area contributed by atoms with E-state index in [0.717, 1.165) is 5.56 Å². The summed E-state index contributed by atoms with van der Waals surface area (Å²) in [5, 5.41) is 13.0. The summed E-state index contributed by atoms with van der Waals surface area (Å²) in [4.78, 5) is 28.2. The maximum atomic E-state index is 13.6. The second-order valence-electron chi connectivity index (χ2n) is 7.95. The lowest BCUT2D eigenvalue weighted by Crippen LogP contribution is -2.31. The molecule has 0 aliphatic carbocycles. The minimum Gasteiger partial charge on any atom is -0.503 e. The fourth-order valence-corrected chi connectivity index (χ4v) is 4.54. The van der Waals surface area contributed by atoms with Gasteiger partial charge in [-0.15, -0.1) is 0 Å². The maximum absolute atomic E-state index is 13.6. The van der Waals surface area contributed by atoms with E-state index in [1.165, 1.54) is 4.90 Å². The molecule has 0 saturated carbocycles. The van der Waals surface area contributed by atoms with Gasteiger partial charge in [0.1, 0.15) is 5.58 Å². The van der Waals surface area contributed by atoms with Gasteiger partial charge in [0.05, 0.1) is 11.6 Å². The van der Waals surface area contributed by atoms with Gasteiger partial charge in [0.2, 0.25) is 5.78 Å². The molecule has 1 aliphatic heterocycles. The number of nitrogens with zero attached hydrogens (tertiary/aromatic N) is 1. The van der Waals surface area contributed by atoms with Gasteiger partial charge < -0.3 is 9.52 Å². The van der Waals surface area contributed by atoms with Crippen LogP contribution in [-0.4, -0.2) is 16.8 Å². The Kier molecular flexibility index (Phi) is 5.64. The van der Waals surface area contributed by atoms with Crippen molar-refractivity contribution < 1.29 is 19.1 Å². The second-order valence-corrected chi connectivity index (χ2v) is 9.23. The number of fused-ring (bicyclic) bond motifs is 1. The summed E-state index contributed by atoms with van der Waals surface area (Å²) in [5.41, 5.74) is 2.21. The lowest BCUT2D eigenvalue weighted by atomic mass is 9.94. The highest BCUT2D eigenvalue weighted by Gasteiger charge is 2.45. The van der Waals surface area contributed by atoms with Crippen LogP contribution >= 0.6 is 34.8 Å². The second kappa shape index (κ2) is 8.51. The van der Waals surface area contributed by atoms with E-state index in [1.54, 1.807) is 66.7 Å². The molecule has 3 aromatic carbocycles. The van der Waals surface area contributed by atoms with Gasteiger partial charge in [0.25, 0.3) is 5.91 Å². The van der Waals surface area contributed by atoms with Crippen molar-refractivity contribution in [2.24, 2.45) is 0 Å². The number of aliphatic hydroxyl groups is 1. The number of ketones is 1. The van der Waals surface area contributed by atoms with Crippen LogP contribution in [0.15, 0.2) is 82.5 Å². The van der Waals surface area contributed by atoms with Gasteiger partial charge >= 0.3 is 0 Å². The number of furan rings is 1. The number of aryl methyl sites for hydroxylation is 1. The number of anilines is 1. The highest BCUT2D eigenvalue weighted by Crippen LogP contribution is 2.43. The van der Waals surface area contributed by atoms with E-state index in [-0.39, 0.29) is 11.3 Å². The number of carbonyl (C=O) groups excluding carboxylic acids is 2. The molecule has 0 radical (unpaired) electrons. The van der Waals surface area contributed by atoms with Crippen molar-refractivity contribution in [3.8, 4) is 0 Å². The zero-order valence-corrected chi connectivity index (χ0v) is 19.9. The number of carbonyl (C=O) groups is 2. The van der Waals surface area contributed by atoms with Crippen LogP contribution in [0.4, 0.5) is 5.69 Å². The smallest absolute Gasteiger partial charge is 0.294 e. The fourth-order valence-electron chi connectivity index (χ4n) is 4.05. The first-order valence-electron chi connectivity index (χ1n) is 10.3. The van der Waals surface area contributed by atoms with Crippen LogP contribution < -0.4 is 4.90 Å². The first-order chi connectivity index (χ1) is 16.2. The highest BCUT2D eigenvalue weighted by atomic mass is 35.5. The van der Waals surface area contributed by atoms with Crippen LogP contribution in [0, 0.1) is 6.92 Å². The summed E-state index contributed by atoms with van der Waals surface area (Å²) < 4.78 is 5.73. The van der Waals surface area contributed by atoms with Crippen LogP contribution in [0.3, 0.4) is 0 Å². The summed E-state index contributed by atoms with van der Waals surface area (Å²) in [6, 6.07) is 17.4. The lowest BCUT2D eigenvalue weighted by molar-refractivity contribution is -0.117. The molecule has 1 amide bonds. The molecule has 5 rings (SSSR count). The summed E-state index contributed by atoms with van der Waals surface area (Å²) in [5.74, 6) is -2.00. The maximum Gasteiger partial charge on any atom is 0.294 e. The third kappa shape index (κ3) is 3.76. The monoisotopic (exact) mass is 511 g/mol. The average Bonchev–Trinajstić information content (AvgIpc) is 3.34. The van der Waals surface area contributed by atoms with Gasteiger partial charge in [-0.25, -0.2) is 0 Å². The Bertz CT molecular complexity index is 1500. The molecular weight excluding hydrogens is 497 g/mol. The van der Waals surface area contributed by atoms with Crippen molar-refractivity contribution in [2.45, 2.75) is 13.0 Å². The van der Waals surface area contributed by atoms with E-state index in [0.29, 0.717) is 37.3 Å². The van der Waals surface area contributed by atoms with Crippen LogP contribution in [0.1, 0.15) is 27.7 Å². The lowest BCUT2D eigenvalue weighted by Gasteiger charge is -2.27. The van der Waals surface area contributed by atoms with Crippen molar-refractivity contribution in [1.29, 1.82) is 0 Å². The third-order valence-electron chi connectivity index (χ3n) is 5.77. The normalized spacial score (nSPS) is 16.1. The summed E-state index contributed by atoms with van der Waals surface area (Å²) in [7, 11) is 0. The number of benzene rings is 3. The fraction of sp³-hybridized carbons (Fsp3) is 0.0769. The van der Waals surface area contributed by atoms with Crippen LogP contribution in [0.2, 0.25) is 15.1 Å². The summed E-state index contributed by atoms with van der Waals surface area (Å²) in [6.07, 6.45) is 0. The summed E-state index contributed by atoms with van der Waals surface area (Å²) in [6.45, 7) is 1.84. The molecule has 0 spiro atoms. The minimum atomic E-state index is -0.923. The molecule has 5 nitrogen and oxygen atoms in total. The van der Waals surface area contributed by atoms with Crippen molar-refractivity contribution in [2.75, 3.05) is 4.90 Å². The number of rotatable bonds is 4. The number of amides is 1. The Morgan fingerprint density at radius 3 is 2.35 bits per heavy atom. The molecule has 34 heavy (non-hydrogen) atoms. The molecule has 1 atom stereocenters. The number of Topliss-reactive ketones (excluding diaryl/α,β-unsaturated/α-hetero) is 1. The third-order valence-corrected chi connectivity index (χ3v) is 6.67. The van der Waals surface area contributed by atoms with Crippen LogP contribution in [0.25, 0.3) is 11.0 Å². The molecule has 0 bridgehead atoms. The van der Waals surface area contributed by atoms with Crippen molar-refractivity contribution >= 4 is 63.1 Å². The van der Waals surface area contributed by atoms with E-state index >= 15 is 0 Å². The topological polar surface area (TPSA) is 70.8 Å². The SMILES string of the molecule is Cc1ccc(N2C(=O)C(O)=C(C(=O)c3cc4cc(Cl)ccc4o3)C2c2ccc(Cl)cc2)cc1Cl. The molecule has 0 fully saturated rings. The summed E-state index contributed by atoms with van der Waals surface area (Å²) >= 11 is 18.4. The Hall–Kier alpha value is -3.25. The molecule has 2 heterocycles.